The molecule has 0 saturated heterocycles. The molecule has 6 heteroatoms. The summed E-state index contributed by atoms with van der Waals surface area (Å²) in [4.78, 5) is 12.5. The number of hydrogen-bond acceptors (Lipinski definition) is 5. The van der Waals surface area contributed by atoms with Gasteiger partial charge in [0.2, 0.25) is 0 Å². The standard InChI is InChI=1S/C21H19N5O/c1-14(2)16-8-4-6-10-18(16)24-21(27)19-11-12-20(26-25-19)23-17-9-5-3-7-15(17)13-22/h3-12,14H,1-2H3,(H,23,26)(H,24,27). The molecule has 1 amide bonds. The van der Waals surface area contributed by atoms with Gasteiger partial charge in [0.1, 0.15) is 6.07 Å². The highest BCUT2D eigenvalue weighted by atomic mass is 16.1. The Morgan fingerprint density at radius 1 is 0.963 bits per heavy atom. The van der Waals surface area contributed by atoms with Crippen molar-refractivity contribution in [3.05, 3.63) is 77.5 Å². The Morgan fingerprint density at radius 3 is 2.33 bits per heavy atom. The molecule has 0 atom stereocenters. The zero-order valence-corrected chi connectivity index (χ0v) is 15.1. The van der Waals surface area contributed by atoms with Gasteiger partial charge in [-0.3, -0.25) is 4.79 Å². The number of aromatic nitrogens is 2. The maximum atomic E-state index is 12.5. The summed E-state index contributed by atoms with van der Waals surface area (Å²) in [5.74, 6) is 0.427. The van der Waals surface area contributed by atoms with Gasteiger partial charge in [-0.05, 0) is 41.8 Å². The molecule has 0 aliphatic heterocycles. The maximum Gasteiger partial charge on any atom is 0.276 e. The van der Waals surface area contributed by atoms with E-state index in [2.05, 4.69) is 40.7 Å². The van der Waals surface area contributed by atoms with Crippen molar-refractivity contribution in [1.29, 1.82) is 5.26 Å². The van der Waals surface area contributed by atoms with E-state index < -0.39 is 0 Å². The first-order valence-electron chi connectivity index (χ1n) is 8.58. The predicted molar refractivity (Wildman–Crippen MR) is 105 cm³/mol. The Balaban J connectivity index is 1.74. The van der Waals surface area contributed by atoms with E-state index in [9.17, 15) is 4.79 Å². The van der Waals surface area contributed by atoms with Gasteiger partial charge in [-0.15, -0.1) is 10.2 Å². The lowest BCUT2D eigenvalue weighted by Gasteiger charge is -2.13. The van der Waals surface area contributed by atoms with E-state index in [1.807, 2.05) is 30.3 Å². The fraction of sp³-hybridized carbons (Fsp3) is 0.143. The highest BCUT2D eigenvalue weighted by molar-refractivity contribution is 6.03. The third-order valence-electron chi connectivity index (χ3n) is 4.04. The van der Waals surface area contributed by atoms with Gasteiger partial charge >= 0.3 is 0 Å². The van der Waals surface area contributed by atoms with Crippen LogP contribution in [0.15, 0.2) is 60.7 Å². The van der Waals surface area contributed by atoms with Crippen LogP contribution in [0.25, 0.3) is 0 Å². The molecule has 2 aromatic carbocycles. The topological polar surface area (TPSA) is 90.7 Å². The second-order valence-corrected chi connectivity index (χ2v) is 6.28. The summed E-state index contributed by atoms with van der Waals surface area (Å²) < 4.78 is 0. The summed E-state index contributed by atoms with van der Waals surface area (Å²) in [7, 11) is 0. The molecule has 0 aliphatic carbocycles. The maximum absolute atomic E-state index is 12.5. The molecule has 134 valence electrons. The fourth-order valence-corrected chi connectivity index (χ4v) is 2.65. The number of carbonyl (C=O) groups excluding carboxylic acids is 1. The minimum Gasteiger partial charge on any atom is -0.338 e. The smallest absolute Gasteiger partial charge is 0.276 e. The van der Waals surface area contributed by atoms with Crippen molar-refractivity contribution in [2.75, 3.05) is 10.6 Å². The van der Waals surface area contributed by atoms with E-state index in [0.717, 1.165) is 11.3 Å². The largest absolute Gasteiger partial charge is 0.338 e. The van der Waals surface area contributed by atoms with Crippen LogP contribution in [0.2, 0.25) is 0 Å². The van der Waals surface area contributed by atoms with Gasteiger partial charge in [0, 0.05) is 5.69 Å². The molecule has 1 heterocycles. The summed E-state index contributed by atoms with van der Waals surface area (Å²) in [5, 5.41) is 23.1. The lowest BCUT2D eigenvalue weighted by atomic mass is 10.0. The van der Waals surface area contributed by atoms with Crippen molar-refractivity contribution in [3.8, 4) is 6.07 Å². The third-order valence-corrected chi connectivity index (χ3v) is 4.04. The highest BCUT2D eigenvalue weighted by Gasteiger charge is 2.13. The average molecular weight is 357 g/mol. The number of benzene rings is 2. The van der Waals surface area contributed by atoms with E-state index in [4.69, 9.17) is 5.26 Å². The van der Waals surface area contributed by atoms with Gasteiger partial charge in [-0.2, -0.15) is 5.26 Å². The first-order valence-corrected chi connectivity index (χ1v) is 8.58. The van der Waals surface area contributed by atoms with Crippen LogP contribution in [0.3, 0.4) is 0 Å². The summed E-state index contributed by atoms with van der Waals surface area (Å²) in [6.45, 7) is 4.15. The molecule has 0 radical (unpaired) electrons. The molecule has 0 unspecified atom stereocenters. The monoisotopic (exact) mass is 357 g/mol. The van der Waals surface area contributed by atoms with Crippen LogP contribution in [-0.2, 0) is 0 Å². The van der Waals surface area contributed by atoms with Crippen molar-refractivity contribution in [2.45, 2.75) is 19.8 Å². The molecule has 27 heavy (non-hydrogen) atoms. The molecule has 3 rings (SSSR count). The molecule has 0 aliphatic rings. The Morgan fingerprint density at radius 2 is 1.67 bits per heavy atom. The summed E-state index contributed by atoms with van der Waals surface area (Å²) in [6, 6.07) is 20.2. The molecule has 2 N–H and O–H groups in total. The van der Waals surface area contributed by atoms with Crippen LogP contribution >= 0.6 is 0 Å². The molecular formula is C21H19N5O. The zero-order chi connectivity index (χ0) is 19.2. The summed E-state index contributed by atoms with van der Waals surface area (Å²) in [5.41, 5.74) is 3.19. The van der Waals surface area contributed by atoms with E-state index >= 15 is 0 Å². The van der Waals surface area contributed by atoms with Gasteiger partial charge in [0.25, 0.3) is 5.91 Å². The molecule has 0 saturated carbocycles. The number of rotatable bonds is 5. The number of para-hydroxylation sites is 2. The first kappa shape index (κ1) is 18.1. The number of anilines is 3. The van der Waals surface area contributed by atoms with Gasteiger partial charge in [-0.25, -0.2) is 0 Å². The summed E-state index contributed by atoms with van der Waals surface area (Å²) in [6.07, 6.45) is 0. The minimum absolute atomic E-state index is 0.215. The number of amides is 1. The Hall–Kier alpha value is -3.72. The highest BCUT2D eigenvalue weighted by Crippen LogP contribution is 2.24. The quantitative estimate of drug-likeness (QED) is 0.703. The third kappa shape index (κ3) is 4.28. The Kier molecular flexibility index (Phi) is 5.43. The van der Waals surface area contributed by atoms with Crippen LogP contribution in [-0.4, -0.2) is 16.1 Å². The number of nitriles is 1. The Bertz CT molecular complexity index is 990. The molecule has 6 nitrogen and oxygen atoms in total. The molecule has 0 bridgehead atoms. The molecular weight excluding hydrogens is 338 g/mol. The van der Waals surface area contributed by atoms with Crippen LogP contribution in [0.5, 0.6) is 0 Å². The number of hydrogen-bond donors (Lipinski definition) is 2. The lowest BCUT2D eigenvalue weighted by molar-refractivity contribution is 0.102. The van der Waals surface area contributed by atoms with E-state index in [0.29, 0.717) is 23.0 Å². The van der Waals surface area contributed by atoms with Crippen molar-refractivity contribution < 1.29 is 4.79 Å². The SMILES string of the molecule is CC(C)c1ccccc1NC(=O)c1ccc(Nc2ccccc2C#N)nn1. The van der Waals surface area contributed by atoms with Gasteiger partial charge in [-0.1, -0.05) is 44.2 Å². The molecule has 0 fully saturated rings. The molecule has 0 spiro atoms. The number of nitrogens with zero attached hydrogens (tertiary/aromatic N) is 3. The molecule has 3 aromatic rings. The fourth-order valence-electron chi connectivity index (χ4n) is 2.65. The zero-order valence-electron chi connectivity index (χ0n) is 15.1. The van der Waals surface area contributed by atoms with E-state index in [-0.39, 0.29) is 11.6 Å². The Labute approximate surface area is 157 Å². The van der Waals surface area contributed by atoms with Crippen molar-refractivity contribution in [1.82, 2.24) is 10.2 Å². The van der Waals surface area contributed by atoms with Gasteiger partial charge < -0.3 is 10.6 Å². The van der Waals surface area contributed by atoms with Gasteiger partial charge in [0.15, 0.2) is 11.5 Å². The van der Waals surface area contributed by atoms with Crippen LogP contribution in [0.4, 0.5) is 17.2 Å². The second-order valence-electron chi connectivity index (χ2n) is 6.28. The van der Waals surface area contributed by atoms with Crippen LogP contribution < -0.4 is 10.6 Å². The predicted octanol–water partition coefficient (Wildman–Crippen LogP) is 4.47. The average Bonchev–Trinajstić information content (AvgIpc) is 2.69. The second kappa shape index (κ2) is 8.11. The van der Waals surface area contributed by atoms with E-state index in [1.165, 1.54) is 0 Å². The van der Waals surface area contributed by atoms with Gasteiger partial charge in [0.05, 0.1) is 11.3 Å². The van der Waals surface area contributed by atoms with Crippen LogP contribution in [0.1, 0.15) is 41.4 Å². The minimum atomic E-state index is -0.320. The van der Waals surface area contributed by atoms with Crippen molar-refractivity contribution in [3.63, 3.8) is 0 Å². The summed E-state index contributed by atoms with van der Waals surface area (Å²) >= 11 is 0. The first-order chi connectivity index (χ1) is 13.1. The number of carbonyl (C=O) groups is 1. The lowest BCUT2D eigenvalue weighted by Crippen LogP contribution is -2.16. The number of nitrogens with one attached hydrogen (secondary N) is 2. The molecule has 1 aromatic heterocycles. The van der Waals surface area contributed by atoms with Crippen molar-refractivity contribution >= 4 is 23.1 Å². The van der Waals surface area contributed by atoms with Crippen molar-refractivity contribution in [2.24, 2.45) is 0 Å². The normalized spacial score (nSPS) is 10.3. The van der Waals surface area contributed by atoms with E-state index in [1.54, 1.807) is 30.3 Å². The van der Waals surface area contributed by atoms with Crippen LogP contribution in [0, 0.1) is 11.3 Å².